The molecule has 0 atom stereocenters. The lowest BCUT2D eigenvalue weighted by molar-refractivity contribution is 0.768. The van der Waals surface area contributed by atoms with E-state index in [1.807, 2.05) is 0 Å². The molecule has 0 unspecified atom stereocenters. The summed E-state index contributed by atoms with van der Waals surface area (Å²) >= 11 is 0. The van der Waals surface area contributed by atoms with E-state index in [9.17, 15) is 0 Å². The van der Waals surface area contributed by atoms with E-state index in [1.54, 1.807) is 0 Å². The first-order valence-corrected chi connectivity index (χ1v) is 28.7. The molecule has 0 aliphatic heterocycles. The first-order valence-electron chi connectivity index (χ1n) is 28.7. The Hall–Kier alpha value is -10.3. The Morgan fingerprint density at radius 3 is 0.878 bits per heavy atom. The number of anilines is 3. The summed E-state index contributed by atoms with van der Waals surface area (Å²) in [5.74, 6) is 0. The van der Waals surface area contributed by atoms with Crippen LogP contribution in [0.1, 0.15) is 66.8 Å². The topological polar surface area (TPSA) is 3.24 Å². The molecule has 13 aromatic rings. The highest BCUT2D eigenvalue weighted by Crippen LogP contribution is 2.63. The van der Waals surface area contributed by atoms with Gasteiger partial charge in [0.1, 0.15) is 0 Å². The van der Waals surface area contributed by atoms with Crippen LogP contribution >= 0.6 is 0 Å². The second-order valence-electron chi connectivity index (χ2n) is 22.1. The summed E-state index contributed by atoms with van der Waals surface area (Å²) in [4.78, 5) is 2.59. The zero-order valence-corrected chi connectivity index (χ0v) is 45.2. The zero-order valence-electron chi connectivity index (χ0n) is 45.2. The van der Waals surface area contributed by atoms with Crippen LogP contribution in [0, 0.1) is 0 Å². The molecule has 1 nitrogen and oxygen atoms in total. The molecule has 384 valence electrons. The maximum Gasteiger partial charge on any atom is 0.0714 e. The molecule has 82 heavy (non-hydrogen) atoms. The van der Waals surface area contributed by atoms with Gasteiger partial charge in [0.05, 0.1) is 27.6 Å². The maximum atomic E-state index is 2.59. The molecule has 0 aromatic heterocycles. The van der Waals surface area contributed by atoms with E-state index < -0.39 is 16.2 Å². The van der Waals surface area contributed by atoms with Gasteiger partial charge in [0.25, 0.3) is 0 Å². The van der Waals surface area contributed by atoms with E-state index in [-0.39, 0.29) is 0 Å². The van der Waals surface area contributed by atoms with Gasteiger partial charge in [0, 0.05) is 16.8 Å². The minimum atomic E-state index is -0.580. The number of nitrogens with zero attached hydrogens (tertiary/aromatic N) is 1. The van der Waals surface area contributed by atoms with Gasteiger partial charge in [-0.3, -0.25) is 0 Å². The molecular weight excluding hydrogens is 987 g/mol. The molecule has 13 aromatic carbocycles. The first kappa shape index (κ1) is 47.6. The summed E-state index contributed by atoms with van der Waals surface area (Å²) in [5, 5.41) is 0. The lowest BCUT2D eigenvalue weighted by atomic mass is 9.67. The largest absolute Gasteiger partial charge is 0.309 e. The molecule has 0 fully saturated rings. The van der Waals surface area contributed by atoms with E-state index in [0.29, 0.717) is 0 Å². The normalized spacial score (nSPS) is 14.1. The maximum absolute atomic E-state index is 2.59. The molecule has 16 rings (SSSR count). The van der Waals surface area contributed by atoms with Crippen LogP contribution in [0.4, 0.5) is 17.1 Å². The monoisotopic (exact) mass is 1040 g/mol. The highest BCUT2D eigenvalue weighted by atomic mass is 15.1. The van der Waals surface area contributed by atoms with Crippen molar-refractivity contribution in [3.63, 3.8) is 0 Å². The minimum absolute atomic E-state index is 0.501. The van der Waals surface area contributed by atoms with E-state index in [2.05, 4.69) is 339 Å². The Morgan fingerprint density at radius 1 is 0.195 bits per heavy atom. The molecule has 0 radical (unpaired) electrons. The van der Waals surface area contributed by atoms with Gasteiger partial charge in [-0.05, 0) is 130 Å². The summed E-state index contributed by atoms with van der Waals surface area (Å²) in [5.41, 5.74) is 26.7. The van der Waals surface area contributed by atoms with Crippen LogP contribution in [0.25, 0.3) is 44.5 Å². The Morgan fingerprint density at radius 2 is 0.488 bits per heavy atom. The average Bonchev–Trinajstić information content (AvgIpc) is 2.87. The van der Waals surface area contributed by atoms with E-state index in [4.69, 9.17) is 0 Å². The number of rotatable bonds is 10. The van der Waals surface area contributed by atoms with E-state index in [1.165, 1.54) is 106 Å². The van der Waals surface area contributed by atoms with Crippen molar-refractivity contribution in [1.29, 1.82) is 0 Å². The molecule has 3 aliphatic rings. The van der Waals surface area contributed by atoms with Gasteiger partial charge in [-0.15, -0.1) is 0 Å². The van der Waals surface area contributed by atoms with Crippen molar-refractivity contribution in [3.8, 4) is 44.5 Å². The van der Waals surface area contributed by atoms with Crippen molar-refractivity contribution >= 4 is 17.1 Å². The molecule has 0 heterocycles. The standard InChI is InChI=1S/C81H55N/c1-7-27-58(28-8-1)79(59-29-9-2-10-30-59)70-43-23-20-40-67(70)77-72(79)45-25-47-75(77)82(76-48-26-46-73-78(76)68-41-21-24-44-71(68)80(73,60-31-11-3-12-32-60)61-33-13-4-14-34-61)64-52-49-56(50-53-64)57-51-54-66-65-39-19-22-42-69(65)81(74(66)55-57,62-35-15-5-16-36-62)63-37-17-6-18-38-63/h1-55H. The fraction of sp³-hybridized carbons (Fsp3) is 0.0370. The van der Waals surface area contributed by atoms with Crippen molar-refractivity contribution < 1.29 is 0 Å². The molecule has 0 saturated heterocycles. The molecule has 0 amide bonds. The van der Waals surface area contributed by atoms with Gasteiger partial charge in [-0.2, -0.15) is 0 Å². The number of fused-ring (bicyclic) bond motifs is 9. The summed E-state index contributed by atoms with van der Waals surface area (Å²) < 4.78 is 0. The second kappa shape index (κ2) is 18.9. The predicted molar refractivity (Wildman–Crippen MR) is 338 cm³/mol. The predicted octanol–water partition coefficient (Wildman–Crippen LogP) is 19.9. The first-order chi connectivity index (χ1) is 40.7. The van der Waals surface area contributed by atoms with Crippen LogP contribution in [0.15, 0.2) is 334 Å². The van der Waals surface area contributed by atoms with Crippen molar-refractivity contribution in [1.82, 2.24) is 0 Å². The zero-order chi connectivity index (χ0) is 54.2. The SMILES string of the molecule is c1ccc(C2(c3ccccc3)c3ccccc3-c3ccc(-c4ccc(N(c5cccc6c5-c5ccccc5C6(c5ccccc5)c5ccccc5)c5cccc6c5-c5ccccc5C6(c5ccccc5)c5ccccc5)cc4)cc32)cc1. The Bertz CT molecular complexity index is 4230. The Labute approximate surface area is 480 Å². The number of benzene rings is 13. The van der Waals surface area contributed by atoms with Crippen LogP contribution in [0.3, 0.4) is 0 Å². The van der Waals surface area contributed by atoms with Gasteiger partial charge >= 0.3 is 0 Å². The van der Waals surface area contributed by atoms with Gasteiger partial charge in [-0.1, -0.05) is 303 Å². The lowest BCUT2D eigenvalue weighted by Crippen LogP contribution is -2.28. The molecule has 3 aliphatic carbocycles. The molecule has 0 saturated carbocycles. The molecule has 0 spiro atoms. The highest BCUT2D eigenvalue weighted by molar-refractivity contribution is 6.03. The molecule has 1 heteroatoms. The summed E-state index contributed by atoms with van der Waals surface area (Å²) in [6.45, 7) is 0. The average molecular weight is 1040 g/mol. The van der Waals surface area contributed by atoms with Crippen molar-refractivity contribution in [2.24, 2.45) is 0 Å². The van der Waals surface area contributed by atoms with Crippen molar-refractivity contribution in [2.45, 2.75) is 16.2 Å². The third-order valence-electron chi connectivity index (χ3n) is 18.3. The highest BCUT2D eigenvalue weighted by Gasteiger charge is 2.50. The van der Waals surface area contributed by atoms with Crippen LogP contribution in [-0.4, -0.2) is 0 Å². The smallest absolute Gasteiger partial charge is 0.0714 e. The lowest BCUT2D eigenvalue weighted by Gasteiger charge is -2.35. The summed E-state index contributed by atoms with van der Waals surface area (Å²) in [7, 11) is 0. The molecule has 0 bridgehead atoms. The van der Waals surface area contributed by atoms with E-state index in [0.717, 1.165) is 22.6 Å². The number of hydrogen-bond donors (Lipinski definition) is 0. The van der Waals surface area contributed by atoms with E-state index >= 15 is 0 Å². The fourth-order valence-corrected chi connectivity index (χ4v) is 15.2. The summed E-state index contributed by atoms with van der Waals surface area (Å²) in [6, 6.07) is 125. The molecule has 0 N–H and O–H groups in total. The van der Waals surface area contributed by atoms with Gasteiger partial charge in [0.15, 0.2) is 0 Å². The fourth-order valence-electron chi connectivity index (χ4n) is 15.2. The van der Waals surface area contributed by atoms with Crippen LogP contribution in [-0.2, 0) is 16.2 Å². The van der Waals surface area contributed by atoms with Gasteiger partial charge in [-0.25, -0.2) is 0 Å². The van der Waals surface area contributed by atoms with Crippen LogP contribution < -0.4 is 4.90 Å². The summed E-state index contributed by atoms with van der Waals surface area (Å²) in [6.07, 6.45) is 0. The van der Waals surface area contributed by atoms with Crippen molar-refractivity contribution in [2.75, 3.05) is 4.90 Å². The quantitative estimate of drug-likeness (QED) is 0.132. The Kier molecular flexibility index (Phi) is 11.0. The third-order valence-corrected chi connectivity index (χ3v) is 18.3. The number of hydrogen-bond acceptors (Lipinski definition) is 1. The molecular formula is C81H55N. The van der Waals surface area contributed by atoms with Crippen LogP contribution in [0.5, 0.6) is 0 Å². The van der Waals surface area contributed by atoms with Crippen molar-refractivity contribution in [3.05, 3.63) is 400 Å². The second-order valence-corrected chi connectivity index (χ2v) is 22.1. The third kappa shape index (κ3) is 6.68. The van der Waals surface area contributed by atoms with Gasteiger partial charge in [0.2, 0.25) is 0 Å². The van der Waals surface area contributed by atoms with Gasteiger partial charge < -0.3 is 4.90 Å². The van der Waals surface area contributed by atoms with Crippen LogP contribution in [0.2, 0.25) is 0 Å². The minimum Gasteiger partial charge on any atom is -0.309 e. The Balaban J connectivity index is 0.950.